The number of amides is 2. The summed E-state index contributed by atoms with van der Waals surface area (Å²) < 4.78 is 0. The van der Waals surface area contributed by atoms with E-state index in [-0.39, 0.29) is 11.8 Å². The van der Waals surface area contributed by atoms with E-state index in [4.69, 9.17) is 0 Å². The molecule has 3 aromatic rings. The Morgan fingerprint density at radius 2 is 1.09 bits per heavy atom. The van der Waals surface area contributed by atoms with Crippen LogP contribution >= 0.6 is 0 Å². The Labute approximate surface area is 190 Å². The predicted molar refractivity (Wildman–Crippen MR) is 130 cm³/mol. The first-order valence-electron chi connectivity index (χ1n) is 11.1. The molecule has 0 aliphatic carbocycles. The summed E-state index contributed by atoms with van der Waals surface area (Å²) in [6.45, 7) is 4.95. The SMILES string of the molecule is Cc1ccc(N(CCCNC(=O)c2ccccc2)CCCNC(=O)c2ccccc2)cc1. The number of nitrogens with one attached hydrogen (secondary N) is 2. The number of carbonyl (C=O) groups excluding carboxylic acids is 2. The number of hydrogen-bond acceptors (Lipinski definition) is 3. The molecule has 32 heavy (non-hydrogen) atoms. The van der Waals surface area contributed by atoms with E-state index < -0.39 is 0 Å². The van der Waals surface area contributed by atoms with Crippen molar-refractivity contribution in [2.45, 2.75) is 19.8 Å². The van der Waals surface area contributed by atoms with E-state index in [1.807, 2.05) is 60.7 Å². The van der Waals surface area contributed by atoms with E-state index in [9.17, 15) is 9.59 Å². The van der Waals surface area contributed by atoms with Gasteiger partial charge in [-0.25, -0.2) is 0 Å². The molecule has 0 aliphatic rings. The van der Waals surface area contributed by atoms with Crippen LogP contribution in [0.4, 0.5) is 5.69 Å². The van der Waals surface area contributed by atoms with Gasteiger partial charge in [0.15, 0.2) is 0 Å². The number of carbonyl (C=O) groups is 2. The first-order chi connectivity index (χ1) is 15.6. The lowest BCUT2D eigenvalue weighted by molar-refractivity contribution is 0.0945. The maximum atomic E-state index is 12.2. The minimum Gasteiger partial charge on any atom is -0.371 e. The van der Waals surface area contributed by atoms with E-state index in [2.05, 4.69) is 46.7 Å². The zero-order valence-electron chi connectivity index (χ0n) is 18.6. The van der Waals surface area contributed by atoms with Crippen molar-refractivity contribution >= 4 is 17.5 Å². The molecule has 0 unspecified atom stereocenters. The van der Waals surface area contributed by atoms with Gasteiger partial charge >= 0.3 is 0 Å². The number of benzene rings is 3. The molecule has 2 amide bonds. The summed E-state index contributed by atoms with van der Waals surface area (Å²) in [6, 6.07) is 27.0. The first-order valence-corrected chi connectivity index (χ1v) is 11.1. The van der Waals surface area contributed by atoms with Crippen LogP contribution in [-0.2, 0) is 0 Å². The Kier molecular flexibility index (Phi) is 8.87. The summed E-state index contributed by atoms with van der Waals surface area (Å²) >= 11 is 0. The average Bonchev–Trinajstić information content (AvgIpc) is 2.84. The molecule has 0 radical (unpaired) electrons. The fraction of sp³-hybridized carbons (Fsp3) is 0.259. The smallest absolute Gasteiger partial charge is 0.251 e. The predicted octanol–water partition coefficient (Wildman–Crippen LogP) is 4.44. The van der Waals surface area contributed by atoms with Crippen LogP contribution in [-0.4, -0.2) is 38.0 Å². The minimum absolute atomic E-state index is 0.0453. The molecule has 0 aromatic heterocycles. The van der Waals surface area contributed by atoms with Gasteiger partial charge in [0.05, 0.1) is 0 Å². The molecule has 166 valence electrons. The Morgan fingerprint density at radius 1 is 0.656 bits per heavy atom. The summed E-state index contributed by atoms with van der Waals surface area (Å²) in [5, 5.41) is 5.99. The highest BCUT2D eigenvalue weighted by molar-refractivity contribution is 5.94. The highest BCUT2D eigenvalue weighted by atomic mass is 16.2. The molecule has 0 fully saturated rings. The molecule has 0 spiro atoms. The van der Waals surface area contributed by atoms with Crippen molar-refractivity contribution in [3.63, 3.8) is 0 Å². The molecular weight excluding hydrogens is 398 g/mol. The van der Waals surface area contributed by atoms with Gasteiger partial charge in [0.2, 0.25) is 0 Å². The molecule has 0 heterocycles. The van der Waals surface area contributed by atoms with Gasteiger partial charge in [0.1, 0.15) is 0 Å². The zero-order valence-corrected chi connectivity index (χ0v) is 18.6. The number of aryl methyl sites for hydroxylation is 1. The number of nitrogens with zero attached hydrogens (tertiary/aromatic N) is 1. The first kappa shape index (κ1) is 23.1. The summed E-state index contributed by atoms with van der Waals surface area (Å²) in [6.07, 6.45) is 1.67. The molecule has 2 N–H and O–H groups in total. The summed E-state index contributed by atoms with van der Waals surface area (Å²) in [4.78, 5) is 26.8. The van der Waals surface area contributed by atoms with Crippen molar-refractivity contribution in [3.8, 4) is 0 Å². The lowest BCUT2D eigenvalue weighted by atomic mass is 10.2. The molecule has 5 nitrogen and oxygen atoms in total. The van der Waals surface area contributed by atoms with Crippen molar-refractivity contribution in [1.82, 2.24) is 10.6 Å². The molecule has 0 atom stereocenters. The Hall–Kier alpha value is -3.60. The molecule has 5 heteroatoms. The second-order valence-corrected chi connectivity index (χ2v) is 7.77. The molecule has 3 rings (SSSR count). The van der Waals surface area contributed by atoms with E-state index in [0.717, 1.165) is 31.6 Å². The second kappa shape index (κ2) is 12.3. The van der Waals surface area contributed by atoms with Gasteiger partial charge in [-0.15, -0.1) is 0 Å². The highest BCUT2D eigenvalue weighted by Gasteiger charge is 2.09. The second-order valence-electron chi connectivity index (χ2n) is 7.77. The van der Waals surface area contributed by atoms with Gasteiger partial charge in [0.25, 0.3) is 11.8 Å². The Bertz CT molecular complexity index is 913. The van der Waals surface area contributed by atoms with Gasteiger partial charge < -0.3 is 15.5 Å². The highest BCUT2D eigenvalue weighted by Crippen LogP contribution is 2.16. The summed E-state index contributed by atoms with van der Waals surface area (Å²) in [5.41, 5.74) is 3.73. The lowest BCUT2D eigenvalue weighted by Crippen LogP contribution is -2.32. The van der Waals surface area contributed by atoms with E-state index in [0.29, 0.717) is 24.2 Å². The van der Waals surface area contributed by atoms with Gasteiger partial charge in [-0.1, -0.05) is 54.1 Å². The van der Waals surface area contributed by atoms with Crippen molar-refractivity contribution in [2.75, 3.05) is 31.1 Å². The maximum Gasteiger partial charge on any atom is 0.251 e. The molecule has 0 saturated carbocycles. The minimum atomic E-state index is -0.0453. The third-order valence-electron chi connectivity index (χ3n) is 5.25. The average molecular weight is 430 g/mol. The van der Waals surface area contributed by atoms with Crippen molar-refractivity contribution in [1.29, 1.82) is 0 Å². The number of anilines is 1. The van der Waals surface area contributed by atoms with Gasteiger partial charge in [0, 0.05) is 43.0 Å². The van der Waals surface area contributed by atoms with E-state index in [1.165, 1.54) is 5.56 Å². The molecule has 0 bridgehead atoms. The molecular formula is C27H31N3O2. The van der Waals surface area contributed by atoms with Crippen molar-refractivity contribution < 1.29 is 9.59 Å². The maximum absolute atomic E-state index is 12.2. The largest absolute Gasteiger partial charge is 0.371 e. The third kappa shape index (κ3) is 7.27. The monoisotopic (exact) mass is 429 g/mol. The summed E-state index contributed by atoms with van der Waals surface area (Å²) in [5.74, 6) is -0.0905. The quantitative estimate of drug-likeness (QED) is 0.443. The van der Waals surface area contributed by atoms with Gasteiger partial charge in [-0.3, -0.25) is 9.59 Å². The van der Waals surface area contributed by atoms with E-state index in [1.54, 1.807) is 0 Å². The van der Waals surface area contributed by atoms with Crippen LogP contribution in [0.5, 0.6) is 0 Å². The van der Waals surface area contributed by atoms with Crippen LogP contribution < -0.4 is 15.5 Å². The van der Waals surface area contributed by atoms with Gasteiger partial charge in [-0.05, 0) is 56.2 Å². The zero-order chi connectivity index (χ0) is 22.6. The Balaban J connectivity index is 1.47. The fourth-order valence-electron chi connectivity index (χ4n) is 3.45. The fourth-order valence-corrected chi connectivity index (χ4v) is 3.45. The van der Waals surface area contributed by atoms with Crippen LogP contribution in [0.3, 0.4) is 0 Å². The lowest BCUT2D eigenvalue weighted by Gasteiger charge is -2.25. The normalized spacial score (nSPS) is 10.4. The standard InChI is InChI=1S/C27H31N3O2/c1-22-14-16-25(17-15-22)30(20-8-18-28-26(31)23-10-4-2-5-11-23)21-9-19-29-27(32)24-12-6-3-7-13-24/h2-7,10-17H,8-9,18-21H2,1H3,(H,28,31)(H,29,32). The van der Waals surface area contributed by atoms with Crippen LogP contribution in [0.15, 0.2) is 84.9 Å². The van der Waals surface area contributed by atoms with Crippen LogP contribution in [0.2, 0.25) is 0 Å². The topological polar surface area (TPSA) is 61.4 Å². The summed E-state index contributed by atoms with van der Waals surface area (Å²) in [7, 11) is 0. The van der Waals surface area contributed by atoms with E-state index >= 15 is 0 Å². The third-order valence-corrected chi connectivity index (χ3v) is 5.25. The van der Waals surface area contributed by atoms with Gasteiger partial charge in [-0.2, -0.15) is 0 Å². The molecule has 0 aliphatic heterocycles. The number of hydrogen-bond donors (Lipinski definition) is 2. The molecule has 0 saturated heterocycles. The van der Waals surface area contributed by atoms with Crippen molar-refractivity contribution in [2.24, 2.45) is 0 Å². The number of rotatable bonds is 11. The Morgan fingerprint density at radius 3 is 1.53 bits per heavy atom. The molecule has 3 aromatic carbocycles. The van der Waals surface area contributed by atoms with Crippen LogP contribution in [0, 0.1) is 6.92 Å². The van der Waals surface area contributed by atoms with Crippen molar-refractivity contribution in [3.05, 3.63) is 102 Å². The van der Waals surface area contributed by atoms with Crippen LogP contribution in [0.25, 0.3) is 0 Å². The van der Waals surface area contributed by atoms with Crippen LogP contribution in [0.1, 0.15) is 39.1 Å².